The molecular weight excluding hydrogens is 452 g/mol. The summed E-state index contributed by atoms with van der Waals surface area (Å²) in [7, 11) is 1.91. The van der Waals surface area contributed by atoms with Crippen molar-refractivity contribution in [3.8, 4) is 0 Å². The van der Waals surface area contributed by atoms with Gasteiger partial charge in [0, 0.05) is 35.5 Å². The van der Waals surface area contributed by atoms with Crippen LogP contribution in [0, 0.1) is 5.92 Å². The molecule has 6 rings (SSSR count). The number of hydrogen-bond acceptors (Lipinski definition) is 7. The third kappa shape index (κ3) is 3.77. The summed E-state index contributed by atoms with van der Waals surface area (Å²) in [5.74, 6) is 1.06. The first-order valence-corrected chi connectivity index (χ1v) is 12.6. The fourth-order valence-electron chi connectivity index (χ4n) is 4.62. The molecule has 0 aliphatic heterocycles. The summed E-state index contributed by atoms with van der Waals surface area (Å²) >= 11 is 3.36. The Morgan fingerprint density at radius 3 is 3.12 bits per heavy atom. The van der Waals surface area contributed by atoms with Gasteiger partial charge in [0.05, 0.1) is 17.1 Å². The minimum atomic E-state index is 0.0158. The number of aryl methyl sites for hydroxylation is 1. The van der Waals surface area contributed by atoms with Gasteiger partial charge in [-0.05, 0) is 65.4 Å². The number of aromatic nitrogens is 4. The Bertz CT molecular complexity index is 1450. The highest BCUT2D eigenvalue weighted by atomic mass is 32.1. The minimum Gasteiger partial charge on any atom is -0.341 e. The van der Waals surface area contributed by atoms with Crippen molar-refractivity contribution in [3.05, 3.63) is 63.6 Å². The average Bonchev–Trinajstić information content (AvgIpc) is 3.57. The van der Waals surface area contributed by atoms with E-state index in [2.05, 4.69) is 48.4 Å². The van der Waals surface area contributed by atoms with E-state index in [-0.39, 0.29) is 11.8 Å². The molecule has 0 saturated carbocycles. The third-order valence-corrected chi connectivity index (χ3v) is 8.17. The second kappa shape index (κ2) is 8.24. The van der Waals surface area contributed by atoms with Gasteiger partial charge in [0.15, 0.2) is 0 Å². The van der Waals surface area contributed by atoms with Gasteiger partial charge in [-0.25, -0.2) is 9.97 Å². The van der Waals surface area contributed by atoms with Crippen molar-refractivity contribution in [2.75, 3.05) is 12.4 Å². The summed E-state index contributed by atoms with van der Waals surface area (Å²) in [6.45, 7) is 0.665. The Morgan fingerprint density at radius 2 is 2.24 bits per heavy atom. The highest BCUT2D eigenvalue weighted by molar-refractivity contribution is 7.19. The number of rotatable bonds is 5. The van der Waals surface area contributed by atoms with Crippen LogP contribution in [0.1, 0.15) is 22.4 Å². The lowest BCUT2D eigenvalue weighted by atomic mass is 9.87. The molecule has 33 heavy (non-hydrogen) atoms. The Kier molecular flexibility index (Phi) is 5.07. The molecule has 9 heteroatoms. The number of carbonyl (C=O) groups is 1. The number of anilines is 2. The van der Waals surface area contributed by atoms with Crippen molar-refractivity contribution < 1.29 is 4.79 Å². The number of aromatic amines is 1. The summed E-state index contributed by atoms with van der Waals surface area (Å²) in [6.07, 6.45) is 5.90. The lowest BCUT2D eigenvalue weighted by Crippen LogP contribution is -2.35. The highest BCUT2D eigenvalue weighted by Crippen LogP contribution is 2.41. The van der Waals surface area contributed by atoms with E-state index in [9.17, 15) is 4.79 Å². The van der Waals surface area contributed by atoms with Gasteiger partial charge in [-0.1, -0.05) is 0 Å². The largest absolute Gasteiger partial charge is 0.341 e. The normalized spacial score (nSPS) is 15.6. The Balaban J connectivity index is 1.26. The molecule has 7 nitrogen and oxygen atoms in total. The van der Waals surface area contributed by atoms with Crippen LogP contribution in [0.25, 0.3) is 21.1 Å². The fraction of sp³-hybridized carbons (Fsp3) is 0.250. The van der Waals surface area contributed by atoms with Crippen LogP contribution in [0.3, 0.4) is 0 Å². The predicted octanol–water partition coefficient (Wildman–Crippen LogP) is 5.14. The van der Waals surface area contributed by atoms with Crippen LogP contribution < -0.4 is 5.32 Å². The number of carbonyl (C=O) groups excluding carboxylic acids is 1. The van der Waals surface area contributed by atoms with E-state index < -0.39 is 0 Å². The quantitative estimate of drug-likeness (QED) is 0.368. The number of amides is 1. The fourth-order valence-corrected chi connectivity index (χ4v) is 6.55. The number of fused-ring (bicyclic) bond motifs is 4. The van der Waals surface area contributed by atoms with E-state index in [1.807, 2.05) is 30.3 Å². The molecule has 0 spiro atoms. The zero-order valence-electron chi connectivity index (χ0n) is 18.0. The second-order valence-corrected chi connectivity index (χ2v) is 10.3. The molecule has 4 heterocycles. The minimum absolute atomic E-state index is 0.0158. The van der Waals surface area contributed by atoms with Crippen LogP contribution in [0.15, 0.2) is 47.5 Å². The van der Waals surface area contributed by atoms with E-state index in [4.69, 9.17) is 0 Å². The molecule has 0 fully saturated rings. The summed E-state index contributed by atoms with van der Waals surface area (Å²) in [5, 5.41) is 16.8. The molecule has 1 amide bonds. The Labute approximate surface area is 198 Å². The van der Waals surface area contributed by atoms with Crippen LogP contribution in [0.5, 0.6) is 0 Å². The first-order chi connectivity index (χ1) is 16.2. The van der Waals surface area contributed by atoms with Crippen molar-refractivity contribution in [1.82, 2.24) is 25.1 Å². The predicted molar refractivity (Wildman–Crippen MR) is 133 cm³/mol. The first kappa shape index (κ1) is 20.3. The average molecular weight is 475 g/mol. The second-order valence-electron chi connectivity index (χ2n) is 8.47. The number of H-pyrrole nitrogens is 1. The van der Waals surface area contributed by atoms with Gasteiger partial charge in [0.25, 0.3) is 0 Å². The van der Waals surface area contributed by atoms with E-state index in [0.29, 0.717) is 6.54 Å². The van der Waals surface area contributed by atoms with Crippen molar-refractivity contribution in [2.45, 2.75) is 25.8 Å². The number of nitrogens with zero attached hydrogens (tertiary/aromatic N) is 4. The number of nitrogens with one attached hydrogen (secondary N) is 2. The molecule has 4 aromatic heterocycles. The number of thiophene rings is 2. The summed E-state index contributed by atoms with van der Waals surface area (Å²) in [5.41, 5.74) is 4.43. The van der Waals surface area contributed by atoms with Crippen molar-refractivity contribution in [3.63, 3.8) is 0 Å². The van der Waals surface area contributed by atoms with Crippen LogP contribution >= 0.6 is 22.7 Å². The maximum absolute atomic E-state index is 13.1. The maximum atomic E-state index is 13.1. The molecule has 1 aromatic carbocycles. The van der Waals surface area contributed by atoms with Gasteiger partial charge in [0.2, 0.25) is 5.91 Å². The van der Waals surface area contributed by atoms with Gasteiger partial charge in [-0.2, -0.15) is 16.4 Å². The van der Waals surface area contributed by atoms with Gasteiger partial charge >= 0.3 is 0 Å². The number of hydrogen-bond donors (Lipinski definition) is 2. The smallest absolute Gasteiger partial charge is 0.226 e. The van der Waals surface area contributed by atoms with Gasteiger partial charge in [-0.3, -0.25) is 9.89 Å². The lowest BCUT2D eigenvalue weighted by Gasteiger charge is -2.26. The van der Waals surface area contributed by atoms with Crippen LogP contribution in [0.2, 0.25) is 0 Å². The van der Waals surface area contributed by atoms with Crippen molar-refractivity contribution in [2.24, 2.45) is 5.92 Å². The Morgan fingerprint density at radius 1 is 1.30 bits per heavy atom. The molecule has 5 aromatic rings. The first-order valence-electron chi connectivity index (χ1n) is 10.9. The third-order valence-electron chi connectivity index (χ3n) is 6.27. The topological polar surface area (TPSA) is 86.8 Å². The van der Waals surface area contributed by atoms with E-state index in [1.54, 1.807) is 29.0 Å². The molecule has 166 valence electrons. The monoisotopic (exact) mass is 474 g/mol. The van der Waals surface area contributed by atoms with Gasteiger partial charge in [-0.15, -0.1) is 11.3 Å². The lowest BCUT2D eigenvalue weighted by molar-refractivity contribution is -0.135. The zero-order chi connectivity index (χ0) is 22.4. The molecule has 0 bridgehead atoms. The molecule has 1 atom stereocenters. The van der Waals surface area contributed by atoms with E-state index in [1.165, 1.54) is 16.0 Å². The molecule has 1 unspecified atom stereocenters. The molecule has 2 N–H and O–H groups in total. The van der Waals surface area contributed by atoms with Gasteiger partial charge < -0.3 is 10.2 Å². The highest BCUT2D eigenvalue weighted by Gasteiger charge is 2.30. The maximum Gasteiger partial charge on any atom is 0.226 e. The molecule has 0 saturated heterocycles. The van der Waals surface area contributed by atoms with Crippen LogP contribution in [-0.2, 0) is 24.2 Å². The summed E-state index contributed by atoms with van der Waals surface area (Å²) in [4.78, 5) is 26.3. The number of benzene rings is 1. The molecule has 0 radical (unpaired) electrons. The summed E-state index contributed by atoms with van der Waals surface area (Å²) in [6, 6.07) is 8.17. The van der Waals surface area contributed by atoms with Crippen LogP contribution in [0.4, 0.5) is 11.5 Å². The molecule has 1 aliphatic rings. The van der Waals surface area contributed by atoms with Crippen LogP contribution in [-0.4, -0.2) is 38.0 Å². The molecule has 1 aliphatic carbocycles. The summed E-state index contributed by atoms with van der Waals surface area (Å²) < 4.78 is 0. The van der Waals surface area contributed by atoms with E-state index in [0.717, 1.165) is 51.9 Å². The van der Waals surface area contributed by atoms with E-state index >= 15 is 0 Å². The van der Waals surface area contributed by atoms with Gasteiger partial charge in [0.1, 0.15) is 17.0 Å². The molecular formula is C24H22N6OS2. The van der Waals surface area contributed by atoms with Crippen molar-refractivity contribution >= 4 is 61.2 Å². The zero-order valence-corrected chi connectivity index (χ0v) is 19.7. The standard InChI is InChI=1S/C24H22N6OS2/c1-30(11-14-6-7-32-12-14)24(31)15-2-4-18-20(9-15)33-23-21(18)22(25-13-26-23)28-17-3-5-19-16(8-17)10-27-29-19/h3,5-8,10,12-13,15H,2,4,9,11H2,1H3,(H,27,29)(H,25,26,28). The van der Waals surface area contributed by atoms with Crippen molar-refractivity contribution in [1.29, 1.82) is 0 Å². The Hall–Kier alpha value is -3.30. The SMILES string of the molecule is CN(Cc1ccsc1)C(=O)C1CCc2c(sc3ncnc(Nc4ccc5[nH]ncc5c4)c23)C1.